The summed E-state index contributed by atoms with van der Waals surface area (Å²) >= 11 is 0. The summed E-state index contributed by atoms with van der Waals surface area (Å²) in [6.07, 6.45) is 0. The molecule has 0 N–H and O–H groups in total. The molecule has 0 bridgehead atoms. The van der Waals surface area contributed by atoms with Gasteiger partial charge in [0.15, 0.2) is 0 Å². The first-order chi connectivity index (χ1) is 26.8. The van der Waals surface area contributed by atoms with Crippen LogP contribution in [0.25, 0.3) is 55.6 Å². The zero-order valence-electron chi connectivity index (χ0n) is 31.8. The van der Waals surface area contributed by atoms with E-state index < -0.39 is 0 Å². The van der Waals surface area contributed by atoms with Gasteiger partial charge in [0, 0.05) is 27.9 Å². The number of hydrogen-bond donors (Lipinski definition) is 0. The Kier molecular flexibility index (Phi) is 7.58. The van der Waals surface area contributed by atoms with Gasteiger partial charge in [-0.2, -0.15) is 0 Å². The van der Waals surface area contributed by atoms with Gasteiger partial charge in [-0.25, -0.2) is 0 Å². The molecule has 2 aliphatic rings. The molecular formula is C54H43N. The first-order valence-corrected chi connectivity index (χ1v) is 19.4. The van der Waals surface area contributed by atoms with E-state index in [-0.39, 0.29) is 10.8 Å². The van der Waals surface area contributed by atoms with Gasteiger partial charge < -0.3 is 4.90 Å². The summed E-state index contributed by atoms with van der Waals surface area (Å²) in [6, 6.07) is 69.1. The van der Waals surface area contributed by atoms with Crippen molar-refractivity contribution < 1.29 is 0 Å². The second kappa shape index (κ2) is 12.6. The van der Waals surface area contributed by atoms with Crippen LogP contribution in [0.2, 0.25) is 0 Å². The number of anilines is 3. The Morgan fingerprint density at radius 2 is 0.545 bits per heavy atom. The summed E-state index contributed by atoms with van der Waals surface area (Å²) in [4.78, 5) is 2.45. The van der Waals surface area contributed by atoms with Gasteiger partial charge in [-0.15, -0.1) is 0 Å². The third kappa shape index (κ3) is 5.37. The highest BCUT2D eigenvalue weighted by Crippen LogP contribution is 2.62. The molecule has 0 spiro atoms. The van der Waals surface area contributed by atoms with Crippen molar-refractivity contribution in [2.24, 2.45) is 0 Å². The van der Waals surface area contributed by atoms with Crippen molar-refractivity contribution in [3.8, 4) is 55.6 Å². The lowest BCUT2D eigenvalue weighted by Gasteiger charge is -2.33. The molecule has 10 rings (SSSR count). The Labute approximate surface area is 325 Å². The first kappa shape index (κ1) is 33.2. The van der Waals surface area contributed by atoms with Crippen molar-refractivity contribution in [2.75, 3.05) is 4.90 Å². The molecule has 0 saturated carbocycles. The van der Waals surface area contributed by atoms with Crippen molar-refractivity contribution in [2.45, 2.75) is 38.5 Å². The minimum atomic E-state index is -0.166. The van der Waals surface area contributed by atoms with E-state index in [1.165, 1.54) is 83.6 Å². The van der Waals surface area contributed by atoms with E-state index in [4.69, 9.17) is 0 Å². The van der Waals surface area contributed by atoms with Gasteiger partial charge in [-0.3, -0.25) is 0 Å². The molecule has 8 aromatic rings. The maximum absolute atomic E-state index is 2.48. The van der Waals surface area contributed by atoms with Gasteiger partial charge >= 0.3 is 0 Å². The van der Waals surface area contributed by atoms with Crippen LogP contribution in [0.5, 0.6) is 0 Å². The molecule has 0 saturated heterocycles. The molecule has 1 heteroatoms. The lowest BCUT2D eigenvalue weighted by Crippen LogP contribution is -2.23. The van der Waals surface area contributed by atoms with Gasteiger partial charge in [0.1, 0.15) is 0 Å². The molecule has 0 aliphatic heterocycles. The van der Waals surface area contributed by atoms with Crippen molar-refractivity contribution in [1.82, 2.24) is 0 Å². The van der Waals surface area contributed by atoms with Gasteiger partial charge in [0.2, 0.25) is 0 Å². The molecule has 55 heavy (non-hydrogen) atoms. The summed E-state index contributed by atoms with van der Waals surface area (Å²) in [5.41, 5.74) is 21.6. The average Bonchev–Trinajstić information content (AvgIpc) is 3.61. The standard InChI is InChI=1S/C54H43N/c1-53(2)47-32-43(42-22-20-39(21-23-42)36-14-8-5-9-15-36)33-48-51(47)52-49(53)34-46(35-50(52)54(48,3)4)55(44-28-24-40(25-29-44)37-16-10-6-11-17-37)45-30-26-41(27-31-45)38-18-12-7-13-19-38/h5-35H,1-4H3. The average molecular weight is 706 g/mol. The topological polar surface area (TPSA) is 3.24 Å². The van der Waals surface area contributed by atoms with Crippen LogP contribution < -0.4 is 4.90 Å². The number of nitrogens with zero attached hydrogens (tertiary/aromatic N) is 1. The molecule has 0 amide bonds. The predicted octanol–water partition coefficient (Wildman–Crippen LogP) is 14.8. The van der Waals surface area contributed by atoms with Gasteiger partial charge in [-0.05, 0) is 126 Å². The van der Waals surface area contributed by atoms with Crippen molar-refractivity contribution in [3.05, 3.63) is 210 Å². The maximum atomic E-state index is 2.48. The molecule has 0 fully saturated rings. The van der Waals surface area contributed by atoms with Crippen LogP contribution in [0, 0.1) is 0 Å². The molecule has 1 nitrogen and oxygen atoms in total. The van der Waals surface area contributed by atoms with Crippen LogP contribution >= 0.6 is 0 Å². The fourth-order valence-electron chi connectivity index (χ4n) is 9.17. The summed E-state index contributed by atoms with van der Waals surface area (Å²) in [5, 5.41) is 0. The molecule has 0 radical (unpaired) electrons. The molecular weight excluding hydrogens is 663 g/mol. The fourth-order valence-corrected chi connectivity index (χ4v) is 9.17. The predicted molar refractivity (Wildman–Crippen MR) is 233 cm³/mol. The van der Waals surface area contributed by atoms with Crippen molar-refractivity contribution >= 4 is 17.1 Å². The largest absolute Gasteiger partial charge is 0.310 e. The van der Waals surface area contributed by atoms with E-state index in [1.807, 2.05) is 0 Å². The molecule has 0 atom stereocenters. The Bertz CT molecular complexity index is 2550. The van der Waals surface area contributed by atoms with Crippen LogP contribution in [0.3, 0.4) is 0 Å². The van der Waals surface area contributed by atoms with Gasteiger partial charge in [-0.1, -0.05) is 167 Å². The van der Waals surface area contributed by atoms with Crippen LogP contribution in [0.15, 0.2) is 188 Å². The molecule has 0 heterocycles. The number of hydrogen-bond acceptors (Lipinski definition) is 1. The van der Waals surface area contributed by atoms with Crippen molar-refractivity contribution in [1.29, 1.82) is 0 Å². The van der Waals surface area contributed by atoms with E-state index in [2.05, 4.69) is 221 Å². The Morgan fingerprint density at radius 1 is 0.273 bits per heavy atom. The minimum absolute atomic E-state index is 0.166. The summed E-state index contributed by atoms with van der Waals surface area (Å²) in [5.74, 6) is 0. The summed E-state index contributed by atoms with van der Waals surface area (Å²) < 4.78 is 0. The lowest BCUT2D eigenvalue weighted by molar-refractivity contribution is 0.630. The van der Waals surface area contributed by atoms with Crippen LogP contribution in [-0.2, 0) is 10.8 Å². The normalized spacial score (nSPS) is 14.1. The van der Waals surface area contributed by atoms with Gasteiger partial charge in [0.25, 0.3) is 0 Å². The SMILES string of the molecule is CC1(C)c2cc(-c3ccc(-c4ccccc4)cc3)cc3c2-c2c1cc(N(c1ccc(-c4ccccc4)cc1)c1ccc(-c4ccccc4)cc1)cc2C3(C)C. The van der Waals surface area contributed by atoms with Crippen LogP contribution in [0.4, 0.5) is 17.1 Å². The monoisotopic (exact) mass is 705 g/mol. The van der Waals surface area contributed by atoms with E-state index in [9.17, 15) is 0 Å². The maximum Gasteiger partial charge on any atom is 0.0468 e. The highest BCUT2D eigenvalue weighted by Gasteiger charge is 2.48. The lowest BCUT2D eigenvalue weighted by atomic mass is 9.74. The quantitative estimate of drug-likeness (QED) is 0.160. The Morgan fingerprint density at radius 3 is 0.891 bits per heavy atom. The first-order valence-electron chi connectivity index (χ1n) is 19.4. The Hall–Kier alpha value is -6.44. The van der Waals surface area contributed by atoms with E-state index in [1.54, 1.807) is 0 Å². The third-order valence-corrected chi connectivity index (χ3v) is 12.3. The highest BCUT2D eigenvalue weighted by molar-refractivity contribution is 5.96. The van der Waals surface area contributed by atoms with E-state index >= 15 is 0 Å². The van der Waals surface area contributed by atoms with Crippen LogP contribution in [0.1, 0.15) is 49.9 Å². The van der Waals surface area contributed by atoms with E-state index in [0.717, 1.165) is 11.4 Å². The molecule has 0 unspecified atom stereocenters. The smallest absolute Gasteiger partial charge is 0.0468 e. The highest BCUT2D eigenvalue weighted by atomic mass is 15.1. The molecule has 2 aliphatic carbocycles. The second-order valence-electron chi connectivity index (χ2n) is 16.2. The third-order valence-electron chi connectivity index (χ3n) is 12.3. The summed E-state index contributed by atoms with van der Waals surface area (Å²) in [6.45, 7) is 9.68. The summed E-state index contributed by atoms with van der Waals surface area (Å²) in [7, 11) is 0. The second-order valence-corrected chi connectivity index (χ2v) is 16.2. The molecule has 264 valence electrons. The zero-order chi connectivity index (χ0) is 37.3. The molecule has 8 aromatic carbocycles. The zero-order valence-corrected chi connectivity index (χ0v) is 31.8. The van der Waals surface area contributed by atoms with Crippen LogP contribution in [-0.4, -0.2) is 0 Å². The van der Waals surface area contributed by atoms with Gasteiger partial charge in [0.05, 0.1) is 0 Å². The fraction of sp³-hybridized carbons (Fsp3) is 0.111. The number of benzene rings is 8. The number of rotatable bonds is 7. The molecule has 0 aromatic heterocycles. The van der Waals surface area contributed by atoms with Crippen molar-refractivity contribution in [3.63, 3.8) is 0 Å². The van der Waals surface area contributed by atoms with E-state index in [0.29, 0.717) is 0 Å². The Balaban J connectivity index is 1.09. The minimum Gasteiger partial charge on any atom is -0.310 e.